The van der Waals surface area contributed by atoms with Crippen molar-refractivity contribution in [3.8, 4) is 0 Å². The molecule has 1 rings (SSSR count). The van der Waals surface area contributed by atoms with Crippen molar-refractivity contribution in [2.45, 2.75) is 76.8 Å². The van der Waals surface area contributed by atoms with Crippen molar-refractivity contribution in [2.24, 2.45) is 0 Å². The van der Waals surface area contributed by atoms with Gasteiger partial charge in [-0.05, 0) is 0 Å². The SMILES string of the molecule is CC(C)BBC1CCCCCCCC1. The second kappa shape index (κ2) is 7.43. The van der Waals surface area contributed by atoms with Crippen LogP contribution in [0.4, 0.5) is 0 Å². The van der Waals surface area contributed by atoms with Crippen LogP contribution in [0.5, 0.6) is 0 Å². The summed E-state index contributed by atoms with van der Waals surface area (Å²) in [7, 11) is 2.95. The first kappa shape index (κ1) is 12.2. The Morgan fingerprint density at radius 3 is 1.86 bits per heavy atom. The zero-order valence-electron chi connectivity index (χ0n) is 10.2. The summed E-state index contributed by atoms with van der Waals surface area (Å²) in [6, 6.07) is 0. The number of hydrogen-bond donors (Lipinski definition) is 0. The summed E-state index contributed by atoms with van der Waals surface area (Å²) in [5.41, 5.74) is 0. The molecule has 0 atom stereocenters. The van der Waals surface area contributed by atoms with Gasteiger partial charge in [0.15, 0.2) is 0 Å². The Labute approximate surface area is 91.7 Å². The summed E-state index contributed by atoms with van der Waals surface area (Å²) in [4.78, 5) is 0. The molecule has 1 aliphatic rings. The van der Waals surface area contributed by atoms with Gasteiger partial charge < -0.3 is 0 Å². The highest BCUT2D eigenvalue weighted by Gasteiger charge is 2.12. The number of hydrogen-bond acceptors (Lipinski definition) is 0. The summed E-state index contributed by atoms with van der Waals surface area (Å²) in [6.45, 7) is 4.71. The highest BCUT2D eigenvalue weighted by atomic mass is 14.1. The van der Waals surface area contributed by atoms with E-state index < -0.39 is 0 Å². The zero-order chi connectivity index (χ0) is 10.2. The van der Waals surface area contributed by atoms with E-state index in [1.807, 2.05) is 0 Å². The lowest BCUT2D eigenvalue weighted by atomic mass is 9.29. The van der Waals surface area contributed by atoms with Gasteiger partial charge in [-0.25, -0.2) is 0 Å². The zero-order valence-corrected chi connectivity index (χ0v) is 10.2. The van der Waals surface area contributed by atoms with Gasteiger partial charge in [-0.3, -0.25) is 0 Å². The van der Waals surface area contributed by atoms with Crippen molar-refractivity contribution < 1.29 is 0 Å². The molecule has 0 amide bonds. The maximum absolute atomic E-state index is 2.36. The van der Waals surface area contributed by atoms with E-state index in [0.29, 0.717) is 0 Å². The second-order valence-corrected chi connectivity index (χ2v) is 5.54. The maximum atomic E-state index is 2.36. The normalized spacial score (nSPS) is 21.1. The van der Waals surface area contributed by atoms with Crippen LogP contribution in [-0.2, 0) is 0 Å². The van der Waals surface area contributed by atoms with E-state index in [2.05, 4.69) is 13.8 Å². The van der Waals surface area contributed by atoms with E-state index in [9.17, 15) is 0 Å². The van der Waals surface area contributed by atoms with Crippen molar-refractivity contribution in [3.05, 3.63) is 0 Å². The first-order valence-electron chi connectivity index (χ1n) is 6.79. The van der Waals surface area contributed by atoms with Crippen LogP contribution in [0.25, 0.3) is 0 Å². The van der Waals surface area contributed by atoms with Crippen LogP contribution >= 0.6 is 0 Å². The smallest absolute Gasteiger partial charge is 0.0788 e. The van der Waals surface area contributed by atoms with Gasteiger partial charge in [-0.15, -0.1) is 0 Å². The molecule has 0 radical (unpaired) electrons. The molecule has 2 heteroatoms. The molecule has 0 aromatic rings. The van der Waals surface area contributed by atoms with Crippen LogP contribution in [-0.4, -0.2) is 14.3 Å². The van der Waals surface area contributed by atoms with Crippen LogP contribution < -0.4 is 0 Å². The van der Waals surface area contributed by atoms with E-state index >= 15 is 0 Å². The molecule has 80 valence electrons. The lowest BCUT2D eigenvalue weighted by Crippen LogP contribution is -2.14. The van der Waals surface area contributed by atoms with Crippen molar-refractivity contribution in [1.29, 1.82) is 0 Å². The van der Waals surface area contributed by atoms with Crippen molar-refractivity contribution in [3.63, 3.8) is 0 Å². The summed E-state index contributed by atoms with van der Waals surface area (Å²) in [6.07, 6.45) is 12.0. The molecule has 1 fully saturated rings. The lowest BCUT2D eigenvalue weighted by Gasteiger charge is -2.14. The minimum Gasteiger partial charge on any atom is -0.0788 e. The molecule has 0 bridgehead atoms. The minimum atomic E-state index is 0.905. The highest BCUT2D eigenvalue weighted by molar-refractivity contribution is 7.01. The van der Waals surface area contributed by atoms with E-state index in [-0.39, 0.29) is 0 Å². The molecule has 1 aliphatic carbocycles. The average Bonchev–Trinajstić information content (AvgIpc) is 2.27. The molecule has 0 saturated heterocycles. The summed E-state index contributed by atoms with van der Waals surface area (Å²) >= 11 is 0. The molecule has 14 heavy (non-hydrogen) atoms. The largest absolute Gasteiger partial charge is 0.0908 e. The quantitative estimate of drug-likeness (QED) is 0.600. The van der Waals surface area contributed by atoms with E-state index in [1.54, 1.807) is 0 Å². The monoisotopic (exact) mass is 192 g/mol. The molecule has 0 spiro atoms. The van der Waals surface area contributed by atoms with E-state index in [0.717, 1.165) is 11.6 Å². The molecule has 0 N–H and O–H groups in total. The Bertz CT molecular complexity index is 124. The van der Waals surface area contributed by atoms with Gasteiger partial charge in [0.05, 0.1) is 14.3 Å². The predicted molar refractivity (Wildman–Crippen MR) is 70.1 cm³/mol. The van der Waals surface area contributed by atoms with Gasteiger partial charge in [0.1, 0.15) is 0 Å². The summed E-state index contributed by atoms with van der Waals surface area (Å²) in [5.74, 6) is 1.97. The second-order valence-electron chi connectivity index (χ2n) is 5.54. The van der Waals surface area contributed by atoms with Crippen LogP contribution in [0.2, 0.25) is 11.6 Å². The molecule has 0 aromatic carbocycles. The maximum Gasteiger partial charge on any atom is 0.0908 e. The Hall–Kier alpha value is 0.130. The van der Waals surface area contributed by atoms with E-state index in [1.165, 1.54) is 65.7 Å². The standard InChI is InChI=1S/C12H26B2/c1-11(2)13-14-12-9-7-5-3-4-6-8-10-12/h11-14H,3-10H2,1-2H3. The van der Waals surface area contributed by atoms with Crippen LogP contribution in [0.15, 0.2) is 0 Å². The molecule has 0 unspecified atom stereocenters. The van der Waals surface area contributed by atoms with Crippen LogP contribution in [0, 0.1) is 0 Å². The number of rotatable bonds is 3. The molecule has 1 saturated carbocycles. The fourth-order valence-electron chi connectivity index (χ4n) is 2.58. The Balaban J connectivity index is 2.18. The molecule has 0 nitrogen and oxygen atoms in total. The van der Waals surface area contributed by atoms with Gasteiger partial charge in [0.25, 0.3) is 0 Å². The Morgan fingerprint density at radius 1 is 0.857 bits per heavy atom. The average molecular weight is 192 g/mol. The van der Waals surface area contributed by atoms with Crippen LogP contribution in [0.3, 0.4) is 0 Å². The fourth-order valence-corrected chi connectivity index (χ4v) is 2.58. The van der Waals surface area contributed by atoms with Crippen molar-refractivity contribution in [2.75, 3.05) is 0 Å². The van der Waals surface area contributed by atoms with Gasteiger partial charge in [0.2, 0.25) is 0 Å². The van der Waals surface area contributed by atoms with Gasteiger partial charge in [-0.1, -0.05) is 76.8 Å². The Kier molecular flexibility index (Phi) is 6.47. The molecular formula is C12H26B2. The van der Waals surface area contributed by atoms with Gasteiger partial charge in [-0.2, -0.15) is 0 Å². The third-order valence-electron chi connectivity index (χ3n) is 3.63. The Morgan fingerprint density at radius 2 is 1.36 bits per heavy atom. The molecular weight excluding hydrogens is 166 g/mol. The summed E-state index contributed by atoms with van der Waals surface area (Å²) in [5, 5.41) is 0. The topological polar surface area (TPSA) is 0 Å². The molecule has 0 aliphatic heterocycles. The fraction of sp³-hybridized carbons (Fsp3) is 1.00. The molecule has 0 heterocycles. The van der Waals surface area contributed by atoms with Gasteiger partial charge >= 0.3 is 0 Å². The van der Waals surface area contributed by atoms with Gasteiger partial charge in [0, 0.05) is 0 Å². The lowest BCUT2D eigenvalue weighted by molar-refractivity contribution is 0.621. The molecule has 0 aromatic heterocycles. The third-order valence-corrected chi connectivity index (χ3v) is 3.63. The third kappa shape index (κ3) is 5.78. The predicted octanol–water partition coefficient (Wildman–Crippen LogP) is 3.53. The van der Waals surface area contributed by atoms with Crippen molar-refractivity contribution in [1.82, 2.24) is 0 Å². The van der Waals surface area contributed by atoms with E-state index in [4.69, 9.17) is 0 Å². The first-order chi connectivity index (χ1) is 6.79. The van der Waals surface area contributed by atoms with Crippen LogP contribution in [0.1, 0.15) is 65.2 Å². The first-order valence-corrected chi connectivity index (χ1v) is 6.79. The van der Waals surface area contributed by atoms with Crippen molar-refractivity contribution >= 4 is 14.3 Å². The summed E-state index contributed by atoms with van der Waals surface area (Å²) < 4.78 is 0. The minimum absolute atomic E-state index is 0.905. The highest BCUT2D eigenvalue weighted by Crippen LogP contribution is 2.25.